The highest BCUT2D eigenvalue weighted by molar-refractivity contribution is 6.06. The predicted octanol–water partition coefficient (Wildman–Crippen LogP) is 4.06. The van der Waals surface area contributed by atoms with E-state index in [-0.39, 0.29) is 18.6 Å². The van der Waals surface area contributed by atoms with Gasteiger partial charge in [-0.3, -0.25) is 14.4 Å². The number of H-pyrrole nitrogens is 1. The van der Waals surface area contributed by atoms with Crippen molar-refractivity contribution >= 4 is 40.1 Å². The van der Waals surface area contributed by atoms with Gasteiger partial charge in [-0.05, 0) is 44.9 Å². The summed E-state index contributed by atoms with van der Waals surface area (Å²) in [6, 6.07) is 10.0. The normalized spacial score (nSPS) is 15.1. The number of fused-ring (bicyclic) bond motifs is 1. The van der Waals surface area contributed by atoms with Crippen LogP contribution in [0.5, 0.6) is 6.01 Å². The molecule has 1 aromatic carbocycles. The number of likely N-dealkylation sites (tertiary alicyclic amines) is 1. The van der Waals surface area contributed by atoms with Gasteiger partial charge in [-0.15, -0.1) is 0 Å². The zero-order valence-electron chi connectivity index (χ0n) is 25.6. The van der Waals surface area contributed by atoms with E-state index < -0.39 is 0 Å². The predicted molar refractivity (Wildman–Crippen MR) is 170 cm³/mol. The number of benzene rings is 1. The zero-order chi connectivity index (χ0) is 30.8. The quantitative estimate of drug-likeness (QED) is 0.216. The molecule has 5 aromatic rings. The van der Waals surface area contributed by atoms with E-state index in [1.807, 2.05) is 69.4 Å². The molecule has 1 amide bonds. The van der Waals surface area contributed by atoms with E-state index in [2.05, 4.69) is 47.5 Å². The Morgan fingerprint density at radius 3 is 2.86 bits per heavy atom. The molecule has 1 saturated heterocycles. The summed E-state index contributed by atoms with van der Waals surface area (Å²) < 4.78 is 7.85. The van der Waals surface area contributed by atoms with Crippen molar-refractivity contribution in [2.24, 2.45) is 7.05 Å². The second kappa shape index (κ2) is 12.3. The van der Waals surface area contributed by atoms with Gasteiger partial charge >= 0.3 is 6.01 Å². The first kappa shape index (κ1) is 29.1. The van der Waals surface area contributed by atoms with Crippen molar-refractivity contribution in [2.75, 3.05) is 48.8 Å². The molecule has 1 fully saturated rings. The molecule has 13 heteroatoms. The Morgan fingerprint density at radius 1 is 1.20 bits per heavy atom. The fraction of sp³-hybridized carbons (Fsp3) is 0.355. The van der Waals surface area contributed by atoms with Crippen LogP contribution >= 0.6 is 0 Å². The number of nitrogens with one attached hydrogen (secondary N) is 3. The lowest BCUT2D eigenvalue weighted by Crippen LogP contribution is -2.33. The highest BCUT2D eigenvalue weighted by atomic mass is 16.5. The largest absolute Gasteiger partial charge is 0.459 e. The number of hydrogen-bond acceptors (Lipinski definition) is 10. The maximum absolute atomic E-state index is 13.1. The van der Waals surface area contributed by atoms with Crippen molar-refractivity contribution in [1.82, 2.24) is 39.6 Å². The first-order valence-electron chi connectivity index (χ1n) is 14.7. The number of ether oxygens (including phenoxy) is 1. The Hall–Kier alpha value is -5.04. The zero-order valence-corrected chi connectivity index (χ0v) is 25.6. The Balaban J connectivity index is 1.11. The highest BCUT2D eigenvalue weighted by Gasteiger charge is 2.27. The van der Waals surface area contributed by atoms with Gasteiger partial charge < -0.3 is 25.3 Å². The number of carbonyl (C=O) groups excluding carboxylic acids is 1. The summed E-state index contributed by atoms with van der Waals surface area (Å²) >= 11 is 0. The van der Waals surface area contributed by atoms with Gasteiger partial charge in [0.2, 0.25) is 11.9 Å². The average molecular weight is 596 g/mol. The van der Waals surface area contributed by atoms with Gasteiger partial charge in [-0.25, -0.2) is 15.0 Å². The van der Waals surface area contributed by atoms with E-state index in [0.29, 0.717) is 30.0 Å². The fourth-order valence-corrected chi connectivity index (χ4v) is 5.31. The van der Waals surface area contributed by atoms with E-state index in [4.69, 9.17) is 9.72 Å². The second-order valence-corrected chi connectivity index (χ2v) is 11.1. The van der Waals surface area contributed by atoms with E-state index in [1.165, 1.54) is 0 Å². The topological polar surface area (TPSA) is 142 Å². The summed E-state index contributed by atoms with van der Waals surface area (Å²) in [6.07, 6.45) is 6.15. The van der Waals surface area contributed by atoms with Crippen LogP contribution in [0, 0.1) is 13.8 Å². The summed E-state index contributed by atoms with van der Waals surface area (Å²) in [4.78, 5) is 38.6. The number of aryl methyl sites for hydroxylation is 3. The molecule has 6 rings (SSSR count). The number of rotatable bonds is 10. The van der Waals surface area contributed by atoms with Crippen molar-refractivity contribution in [3.63, 3.8) is 0 Å². The molecule has 44 heavy (non-hydrogen) atoms. The minimum absolute atomic E-state index is 0.0726. The van der Waals surface area contributed by atoms with Crippen molar-refractivity contribution in [3.8, 4) is 17.3 Å². The maximum atomic E-state index is 13.1. The highest BCUT2D eigenvalue weighted by Crippen LogP contribution is 2.33. The van der Waals surface area contributed by atoms with Crippen LogP contribution < -0.4 is 20.3 Å². The third kappa shape index (κ3) is 6.18. The lowest BCUT2D eigenvalue weighted by atomic mass is 10.1. The van der Waals surface area contributed by atoms with Crippen LogP contribution in [0.15, 0.2) is 48.9 Å². The Morgan fingerprint density at radius 2 is 2.07 bits per heavy atom. The molecule has 4 aromatic heterocycles. The number of carbonyl (C=O) groups is 1. The molecule has 228 valence electrons. The molecule has 0 aliphatic carbocycles. The third-order valence-corrected chi connectivity index (χ3v) is 7.92. The first-order chi connectivity index (χ1) is 21.3. The Bertz CT molecular complexity index is 1780. The molecule has 1 aliphatic heterocycles. The van der Waals surface area contributed by atoms with Gasteiger partial charge in [-0.1, -0.05) is 12.1 Å². The van der Waals surface area contributed by atoms with Gasteiger partial charge in [0.15, 0.2) is 5.82 Å². The second-order valence-electron chi connectivity index (χ2n) is 11.1. The third-order valence-electron chi connectivity index (χ3n) is 7.92. The van der Waals surface area contributed by atoms with Gasteiger partial charge in [0.05, 0.1) is 23.4 Å². The van der Waals surface area contributed by atoms with Crippen molar-refractivity contribution in [3.05, 3.63) is 60.2 Å². The minimum Gasteiger partial charge on any atom is -0.459 e. The minimum atomic E-state index is -0.0903. The van der Waals surface area contributed by atoms with Crippen LogP contribution in [-0.2, 0) is 11.8 Å². The van der Waals surface area contributed by atoms with E-state index in [0.717, 1.165) is 58.7 Å². The molecule has 0 unspecified atom stereocenters. The SMILES string of the molecule is CCN(C)c1ccnc(O[C@H]2CCN(CC(=O)Nc3cccc4c(-c5nc(Nc6cc(C)n(C)n6)ncc5C)c[nH]c34)C2)n1. The number of amides is 1. The van der Waals surface area contributed by atoms with E-state index >= 15 is 0 Å². The van der Waals surface area contributed by atoms with Crippen LogP contribution in [-0.4, -0.2) is 84.8 Å². The molecule has 0 spiro atoms. The van der Waals surface area contributed by atoms with Crippen LogP contribution in [0.2, 0.25) is 0 Å². The summed E-state index contributed by atoms with van der Waals surface area (Å²) in [5.74, 6) is 1.87. The van der Waals surface area contributed by atoms with Gasteiger partial charge in [0.25, 0.3) is 0 Å². The van der Waals surface area contributed by atoms with Crippen molar-refractivity contribution < 1.29 is 9.53 Å². The Labute approximate surface area is 255 Å². The summed E-state index contributed by atoms with van der Waals surface area (Å²) in [5.41, 5.74) is 5.23. The Kier molecular flexibility index (Phi) is 8.11. The fourth-order valence-electron chi connectivity index (χ4n) is 5.31. The number of para-hydroxylation sites is 1. The maximum Gasteiger partial charge on any atom is 0.318 e. The molecule has 0 radical (unpaired) electrons. The summed E-state index contributed by atoms with van der Waals surface area (Å²) in [5, 5.41) is 11.7. The molecule has 1 aliphatic rings. The molecular formula is C31H37N11O2. The summed E-state index contributed by atoms with van der Waals surface area (Å²) in [6.45, 7) is 8.51. The van der Waals surface area contributed by atoms with E-state index in [9.17, 15) is 4.79 Å². The van der Waals surface area contributed by atoms with Crippen molar-refractivity contribution in [1.29, 1.82) is 0 Å². The smallest absolute Gasteiger partial charge is 0.318 e. The molecular weight excluding hydrogens is 558 g/mol. The van der Waals surface area contributed by atoms with Crippen molar-refractivity contribution in [2.45, 2.75) is 33.3 Å². The number of aromatic amines is 1. The molecule has 5 heterocycles. The molecule has 13 nitrogen and oxygen atoms in total. The van der Waals surface area contributed by atoms with Gasteiger partial charge in [0, 0.05) is 75.0 Å². The standard InChI is InChI=1S/C31H37N11O2/c1-6-40(4)26-10-12-32-31(37-26)44-21-11-13-42(17-21)18-27(43)35-24-9-7-8-22-23(16-33-29(22)24)28-19(2)15-34-30(38-28)36-25-14-20(3)41(5)39-25/h7-10,12,14-16,21,33H,6,11,13,17-18H2,1-5H3,(H,35,43)(H,34,36,38,39)/t21-/m0/s1. The molecule has 3 N–H and O–H groups in total. The summed E-state index contributed by atoms with van der Waals surface area (Å²) in [7, 11) is 3.87. The van der Waals surface area contributed by atoms with Crippen LogP contribution in [0.3, 0.4) is 0 Å². The van der Waals surface area contributed by atoms with Crippen LogP contribution in [0.25, 0.3) is 22.2 Å². The van der Waals surface area contributed by atoms with Crippen LogP contribution in [0.1, 0.15) is 24.6 Å². The number of nitrogens with zero attached hydrogens (tertiary/aromatic N) is 8. The van der Waals surface area contributed by atoms with E-state index in [1.54, 1.807) is 17.1 Å². The average Bonchev–Trinajstić information content (AvgIpc) is 3.72. The van der Waals surface area contributed by atoms with Gasteiger partial charge in [-0.2, -0.15) is 10.1 Å². The van der Waals surface area contributed by atoms with Gasteiger partial charge in [0.1, 0.15) is 11.9 Å². The molecule has 0 bridgehead atoms. The van der Waals surface area contributed by atoms with Crippen LogP contribution in [0.4, 0.5) is 23.3 Å². The first-order valence-corrected chi connectivity index (χ1v) is 14.7. The monoisotopic (exact) mass is 595 g/mol. The molecule has 0 saturated carbocycles. The number of hydrogen-bond donors (Lipinski definition) is 3. The molecule has 1 atom stereocenters. The lowest BCUT2D eigenvalue weighted by Gasteiger charge is -2.18. The number of aromatic nitrogens is 7. The number of anilines is 4. The lowest BCUT2D eigenvalue weighted by molar-refractivity contribution is -0.117.